The van der Waals surface area contributed by atoms with Crippen LogP contribution in [0.5, 0.6) is 5.75 Å². The van der Waals surface area contributed by atoms with Gasteiger partial charge in [-0.3, -0.25) is 0 Å². The van der Waals surface area contributed by atoms with Crippen LogP contribution in [0.2, 0.25) is 5.02 Å². The van der Waals surface area contributed by atoms with Crippen molar-refractivity contribution in [2.24, 2.45) is 0 Å². The number of benzene rings is 2. The number of hydrogen-bond donors (Lipinski definition) is 0. The Bertz CT molecular complexity index is 816. The molecule has 25 heavy (non-hydrogen) atoms. The summed E-state index contributed by atoms with van der Waals surface area (Å²) >= 11 is 6.23. The Balaban J connectivity index is 1.70. The zero-order chi connectivity index (χ0) is 17.9. The van der Waals surface area contributed by atoms with Crippen LogP contribution in [0, 0.1) is 0 Å². The van der Waals surface area contributed by atoms with Crippen LogP contribution < -0.4 is 9.64 Å². The quantitative estimate of drug-likeness (QED) is 0.799. The molecule has 0 spiro atoms. The first-order chi connectivity index (χ1) is 12.0. The Morgan fingerprint density at radius 1 is 1.00 bits per heavy atom. The average molecular weight is 381 g/mol. The molecule has 2 aromatic carbocycles. The highest BCUT2D eigenvalue weighted by Gasteiger charge is 2.29. The fourth-order valence-corrected chi connectivity index (χ4v) is 4.58. The number of hydrogen-bond acceptors (Lipinski definition) is 4. The molecule has 1 fully saturated rings. The van der Waals surface area contributed by atoms with E-state index in [1.54, 1.807) is 24.3 Å². The van der Waals surface area contributed by atoms with Gasteiger partial charge >= 0.3 is 0 Å². The van der Waals surface area contributed by atoms with Crippen LogP contribution in [0.15, 0.2) is 53.4 Å². The molecule has 1 aliphatic rings. The summed E-state index contributed by atoms with van der Waals surface area (Å²) in [5, 5.41) is 0.685. The molecule has 5 nitrogen and oxygen atoms in total. The highest BCUT2D eigenvalue weighted by molar-refractivity contribution is 7.89. The van der Waals surface area contributed by atoms with Crippen molar-refractivity contribution in [2.45, 2.75) is 11.8 Å². The second kappa shape index (κ2) is 7.64. The topological polar surface area (TPSA) is 49.9 Å². The highest BCUT2D eigenvalue weighted by atomic mass is 35.5. The van der Waals surface area contributed by atoms with E-state index in [2.05, 4.69) is 4.90 Å². The van der Waals surface area contributed by atoms with E-state index in [-0.39, 0.29) is 0 Å². The molecule has 134 valence electrons. The van der Waals surface area contributed by atoms with E-state index in [4.69, 9.17) is 16.3 Å². The van der Waals surface area contributed by atoms with E-state index in [1.807, 2.05) is 31.2 Å². The van der Waals surface area contributed by atoms with Crippen molar-refractivity contribution in [3.63, 3.8) is 0 Å². The minimum atomic E-state index is -3.49. The Morgan fingerprint density at radius 2 is 1.64 bits per heavy atom. The third-order valence-corrected chi connectivity index (χ3v) is 6.44. The van der Waals surface area contributed by atoms with Crippen molar-refractivity contribution in [1.82, 2.24) is 4.31 Å². The number of nitrogens with zero attached hydrogens (tertiary/aromatic N) is 2. The van der Waals surface area contributed by atoms with Gasteiger partial charge in [-0.15, -0.1) is 0 Å². The Hall–Kier alpha value is -1.76. The second-order valence-corrected chi connectivity index (χ2v) is 8.09. The van der Waals surface area contributed by atoms with Crippen molar-refractivity contribution < 1.29 is 13.2 Å². The molecule has 0 N–H and O–H groups in total. The standard InChI is InChI=1S/C18H21ClN2O3S/c1-2-24-15-7-9-16(10-8-15)25(22,23)21-13-11-20(12-14-21)18-6-4-3-5-17(18)19/h3-10H,2,11-14H2,1H3. The molecule has 0 bridgehead atoms. The minimum absolute atomic E-state index is 0.294. The third-order valence-electron chi connectivity index (χ3n) is 4.20. The van der Waals surface area contributed by atoms with Crippen LogP contribution in [-0.4, -0.2) is 45.5 Å². The summed E-state index contributed by atoms with van der Waals surface area (Å²) in [5.41, 5.74) is 0.947. The van der Waals surface area contributed by atoms with Crippen LogP contribution in [-0.2, 0) is 10.0 Å². The fraction of sp³-hybridized carbons (Fsp3) is 0.333. The van der Waals surface area contributed by atoms with E-state index >= 15 is 0 Å². The van der Waals surface area contributed by atoms with Crippen molar-refractivity contribution in [1.29, 1.82) is 0 Å². The van der Waals surface area contributed by atoms with E-state index < -0.39 is 10.0 Å². The summed E-state index contributed by atoms with van der Waals surface area (Å²) in [6.07, 6.45) is 0. The van der Waals surface area contributed by atoms with Gasteiger partial charge in [0.05, 0.1) is 22.2 Å². The van der Waals surface area contributed by atoms with Crippen LogP contribution in [0.4, 0.5) is 5.69 Å². The Kier molecular flexibility index (Phi) is 5.51. The van der Waals surface area contributed by atoms with Crippen LogP contribution in [0.25, 0.3) is 0 Å². The number of para-hydroxylation sites is 1. The lowest BCUT2D eigenvalue weighted by atomic mass is 10.2. The monoisotopic (exact) mass is 380 g/mol. The molecule has 1 aliphatic heterocycles. The largest absolute Gasteiger partial charge is 0.494 e. The molecular weight excluding hydrogens is 360 g/mol. The molecule has 0 aromatic heterocycles. The van der Waals surface area contributed by atoms with Crippen molar-refractivity contribution in [3.05, 3.63) is 53.6 Å². The van der Waals surface area contributed by atoms with Crippen LogP contribution >= 0.6 is 11.6 Å². The number of rotatable bonds is 5. The Labute approximate surface area is 153 Å². The molecular formula is C18H21ClN2O3S. The maximum atomic E-state index is 12.8. The molecule has 0 unspecified atom stereocenters. The lowest BCUT2D eigenvalue weighted by Crippen LogP contribution is -2.48. The summed E-state index contributed by atoms with van der Waals surface area (Å²) in [6, 6.07) is 14.2. The third kappa shape index (κ3) is 3.92. The number of ether oxygens (including phenoxy) is 1. The molecule has 1 heterocycles. The molecule has 0 amide bonds. The van der Waals surface area contributed by atoms with Crippen molar-refractivity contribution in [2.75, 3.05) is 37.7 Å². The number of piperazine rings is 1. The highest BCUT2D eigenvalue weighted by Crippen LogP contribution is 2.27. The van der Waals surface area contributed by atoms with Gasteiger partial charge < -0.3 is 9.64 Å². The summed E-state index contributed by atoms with van der Waals surface area (Å²) in [7, 11) is -3.49. The maximum Gasteiger partial charge on any atom is 0.243 e. The lowest BCUT2D eigenvalue weighted by molar-refractivity contribution is 0.340. The van der Waals surface area contributed by atoms with Crippen molar-refractivity contribution in [3.8, 4) is 5.75 Å². The second-order valence-electron chi connectivity index (χ2n) is 5.75. The molecule has 0 saturated carbocycles. The van der Waals surface area contributed by atoms with Gasteiger partial charge in [-0.2, -0.15) is 4.31 Å². The molecule has 7 heteroatoms. The van der Waals surface area contributed by atoms with Crippen molar-refractivity contribution >= 4 is 27.3 Å². The predicted molar refractivity (Wildman–Crippen MR) is 100 cm³/mol. The van der Waals surface area contributed by atoms with Gasteiger partial charge in [0.15, 0.2) is 0 Å². The molecule has 0 radical (unpaired) electrons. The first kappa shape index (κ1) is 18.0. The SMILES string of the molecule is CCOc1ccc(S(=O)(=O)N2CCN(c3ccccc3Cl)CC2)cc1. The first-order valence-corrected chi connectivity index (χ1v) is 10.1. The van der Waals surface area contributed by atoms with Gasteiger partial charge in [0, 0.05) is 26.2 Å². The van der Waals surface area contributed by atoms with Gasteiger partial charge in [-0.1, -0.05) is 23.7 Å². The minimum Gasteiger partial charge on any atom is -0.494 e. The number of halogens is 1. The molecule has 3 rings (SSSR count). The summed E-state index contributed by atoms with van der Waals surface area (Å²) < 4.78 is 32.5. The zero-order valence-electron chi connectivity index (χ0n) is 14.1. The molecule has 2 aromatic rings. The van der Waals surface area contributed by atoms with E-state index in [9.17, 15) is 8.42 Å². The molecule has 1 saturated heterocycles. The van der Waals surface area contributed by atoms with Gasteiger partial charge in [0.25, 0.3) is 0 Å². The Morgan fingerprint density at radius 3 is 2.24 bits per heavy atom. The van der Waals surface area contributed by atoms with Gasteiger partial charge in [0.1, 0.15) is 5.75 Å². The predicted octanol–water partition coefficient (Wildman–Crippen LogP) is 3.25. The molecule has 0 atom stereocenters. The average Bonchev–Trinajstić information content (AvgIpc) is 2.63. The smallest absolute Gasteiger partial charge is 0.243 e. The first-order valence-electron chi connectivity index (χ1n) is 8.25. The van der Waals surface area contributed by atoms with Gasteiger partial charge in [0.2, 0.25) is 10.0 Å². The van der Waals surface area contributed by atoms with E-state index in [0.29, 0.717) is 48.5 Å². The number of anilines is 1. The fourth-order valence-electron chi connectivity index (χ4n) is 2.90. The summed E-state index contributed by atoms with van der Waals surface area (Å²) in [4.78, 5) is 2.41. The van der Waals surface area contributed by atoms with Crippen LogP contribution in [0.1, 0.15) is 6.92 Å². The maximum absolute atomic E-state index is 12.8. The molecule has 0 aliphatic carbocycles. The van der Waals surface area contributed by atoms with Gasteiger partial charge in [-0.25, -0.2) is 8.42 Å². The number of sulfonamides is 1. The van der Waals surface area contributed by atoms with E-state index in [0.717, 1.165) is 5.69 Å². The summed E-state index contributed by atoms with van der Waals surface area (Å²) in [6.45, 7) is 4.53. The van der Waals surface area contributed by atoms with E-state index in [1.165, 1.54) is 4.31 Å². The van der Waals surface area contributed by atoms with Gasteiger partial charge in [-0.05, 0) is 43.3 Å². The van der Waals surface area contributed by atoms with Crippen LogP contribution in [0.3, 0.4) is 0 Å². The lowest BCUT2D eigenvalue weighted by Gasteiger charge is -2.35. The zero-order valence-corrected chi connectivity index (χ0v) is 15.6. The normalized spacial score (nSPS) is 16.0. The summed E-state index contributed by atoms with van der Waals surface area (Å²) in [5.74, 6) is 0.671.